The van der Waals surface area contributed by atoms with Crippen molar-refractivity contribution >= 4 is 38.7 Å². The van der Waals surface area contributed by atoms with Crippen molar-refractivity contribution in [1.82, 2.24) is 9.62 Å². The highest BCUT2D eigenvalue weighted by atomic mass is 32.2. The summed E-state index contributed by atoms with van der Waals surface area (Å²) >= 11 is 2.68. The molecule has 2 aromatic heterocycles. The lowest BCUT2D eigenvalue weighted by Crippen LogP contribution is -2.37. The fourth-order valence-electron chi connectivity index (χ4n) is 2.49. The van der Waals surface area contributed by atoms with E-state index in [2.05, 4.69) is 21.1 Å². The molecule has 0 bridgehead atoms. The number of fused-ring (bicyclic) bond motifs is 1. The van der Waals surface area contributed by atoms with Crippen molar-refractivity contribution in [3.05, 3.63) is 38.2 Å². The maximum absolute atomic E-state index is 12.2. The van der Waals surface area contributed by atoms with Gasteiger partial charge in [0, 0.05) is 36.4 Å². The molecule has 1 aliphatic rings. The van der Waals surface area contributed by atoms with Gasteiger partial charge in [0.25, 0.3) is 0 Å². The highest BCUT2D eigenvalue weighted by Crippen LogP contribution is 2.23. The normalized spacial score (nSPS) is 15.5. The Balaban J connectivity index is 1.54. The van der Waals surface area contributed by atoms with Gasteiger partial charge in [-0.1, -0.05) is 0 Å². The van der Waals surface area contributed by atoms with Gasteiger partial charge in [0.1, 0.15) is 4.88 Å². The number of aromatic carboxylic acids is 1. The van der Waals surface area contributed by atoms with Crippen LogP contribution in [-0.4, -0.2) is 44.0 Å². The number of carboxylic acids is 1. The molecule has 0 amide bonds. The lowest BCUT2D eigenvalue weighted by molar-refractivity contribution is 0.0702. The molecule has 0 radical (unpaired) electrons. The van der Waals surface area contributed by atoms with Gasteiger partial charge in [-0.3, -0.25) is 4.90 Å². The molecule has 0 spiro atoms. The van der Waals surface area contributed by atoms with Crippen molar-refractivity contribution in [3.63, 3.8) is 0 Å². The number of thiophene rings is 2. The second-order valence-corrected chi connectivity index (χ2v) is 8.92. The Morgan fingerprint density at radius 3 is 2.96 bits per heavy atom. The number of sulfonamides is 1. The number of rotatable bonds is 6. The Morgan fingerprint density at radius 1 is 1.39 bits per heavy atom. The maximum atomic E-state index is 12.2. The van der Waals surface area contributed by atoms with Crippen LogP contribution in [0.25, 0.3) is 0 Å². The van der Waals surface area contributed by atoms with E-state index in [1.54, 1.807) is 11.3 Å². The fraction of sp³-hybridized carbons (Fsp3) is 0.357. The third kappa shape index (κ3) is 3.81. The number of hydrogen-bond acceptors (Lipinski definition) is 6. The van der Waals surface area contributed by atoms with Crippen LogP contribution in [0.15, 0.2) is 27.8 Å². The molecule has 9 heteroatoms. The zero-order chi connectivity index (χ0) is 16.4. The minimum atomic E-state index is -3.65. The van der Waals surface area contributed by atoms with Gasteiger partial charge in [-0.25, -0.2) is 17.9 Å². The molecule has 0 saturated heterocycles. The molecule has 0 unspecified atom stereocenters. The summed E-state index contributed by atoms with van der Waals surface area (Å²) in [5.74, 6) is -1.11. The van der Waals surface area contributed by atoms with E-state index in [0.717, 1.165) is 30.8 Å². The smallest absolute Gasteiger partial charge is 0.345 e. The van der Waals surface area contributed by atoms with Crippen LogP contribution < -0.4 is 4.72 Å². The van der Waals surface area contributed by atoms with Crippen molar-refractivity contribution in [2.75, 3.05) is 19.6 Å². The second-order valence-electron chi connectivity index (χ2n) is 5.24. The van der Waals surface area contributed by atoms with Gasteiger partial charge in [-0.05, 0) is 29.5 Å². The number of nitrogens with zero attached hydrogens (tertiary/aromatic N) is 1. The summed E-state index contributed by atoms with van der Waals surface area (Å²) in [6, 6.07) is 3.31. The van der Waals surface area contributed by atoms with E-state index in [1.807, 2.05) is 0 Å². The minimum Gasteiger partial charge on any atom is -0.477 e. The van der Waals surface area contributed by atoms with Crippen LogP contribution in [0.3, 0.4) is 0 Å². The summed E-state index contributed by atoms with van der Waals surface area (Å²) < 4.78 is 26.8. The molecule has 0 saturated carbocycles. The van der Waals surface area contributed by atoms with Crippen LogP contribution in [0.5, 0.6) is 0 Å². The predicted octanol–water partition coefficient (Wildman–Crippen LogP) is 1.84. The van der Waals surface area contributed by atoms with Gasteiger partial charge in [0.2, 0.25) is 10.0 Å². The van der Waals surface area contributed by atoms with Gasteiger partial charge >= 0.3 is 5.97 Å². The molecule has 23 heavy (non-hydrogen) atoms. The fourth-order valence-corrected chi connectivity index (χ4v) is 5.51. The van der Waals surface area contributed by atoms with Crippen molar-refractivity contribution in [3.8, 4) is 0 Å². The number of hydrogen-bond donors (Lipinski definition) is 2. The van der Waals surface area contributed by atoms with Gasteiger partial charge < -0.3 is 5.11 Å². The lowest BCUT2D eigenvalue weighted by Gasteiger charge is -2.26. The van der Waals surface area contributed by atoms with Crippen molar-refractivity contribution in [1.29, 1.82) is 0 Å². The molecule has 2 aromatic rings. The molecule has 1 aliphatic heterocycles. The van der Waals surface area contributed by atoms with E-state index >= 15 is 0 Å². The molecule has 2 N–H and O–H groups in total. The quantitative estimate of drug-likeness (QED) is 0.808. The van der Waals surface area contributed by atoms with Crippen LogP contribution in [0, 0.1) is 0 Å². The summed E-state index contributed by atoms with van der Waals surface area (Å²) in [5.41, 5.74) is 1.33. The molecule has 0 atom stereocenters. The molecule has 3 heterocycles. The molecule has 0 aromatic carbocycles. The van der Waals surface area contributed by atoms with Gasteiger partial charge in [0.05, 0.1) is 4.90 Å². The zero-order valence-electron chi connectivity index (χ0n) is 12.2. The van der Waals surface area contributed by atoms with Crippen molar-refractivity contribution < 1.29 is 18.3 Å². The van der Waals surface area contributed by atoms with E-state index in [4.69, 9.17) is 5.11 Å². The summed E-state index contributed by atoms with van der Waals surface area (Å²) in [5, 5.41) is 12.3. The number of carbonyl (C=O) groups is 1. The Labute approximate surface area is 142 Å². The Morgan fingerprint density at radius 2 is 2.22 bits per heavy atom. The van der Waals surface area contributed by atoms with Crippen LogP contribution in [0.1, 0.15) is 20.1 Å². The van der Waals surface area contributed by atoms with Gasteiger partial charge in [0.15, 0.2) is 0 Å². The summed E-state index contributed by atoms with van der Waals surface area (Å²) in [7, 11) is -3.65. The van der Waals surface area contributed by atoms with Gasteiger partial charge in [-0.15, -0.1) is 22.7 Å². The topological polar surface area (TPSA) is 86.7 Å². The van der Waals surface area contributed by atoms with Crippen LogP contribution in [0.4, 0.5) is 0 Å². The molecular weight excluding hydrogens is 356 g/mol. The van der Waals surface area contributed by atoms with Crippen molar-refractivity contribution in [2.24, 2.45) is 0 Å². The van der Waals surface area contributed by atoms with E-state index in [-0.39, 0.29) is 9.77 Å². The molecule has 0 fully saturated rings. The number of carboxylic acid groups (broad SMARTS) is 1. The third-order valence-corrected chi connectivity index (χ3v) is 7.23. The molecule has 6 nitrogen and oxygen atoms in total. The average molecular weight is 372 g/mol. The predicted molar refractivity (Wildman–Crippen MR) is 89.8 cm³/mol. The summed E-state index contributed by atoms with van der Waals surface area (Å²) in [6.45, 7) is 2.71. The Hall–Kier alpha value is -1.26. The summed E-state index contributed by atoms with van der Waals surface area (Å²) in [4.78, 5) is 14.5. The van der Waals surface area contributed by atoms with E-state index < -0.39 is 16.0 Å². The Kier molecular flexibility index (Phi) is 4.83. The second kappa shape index (κ2) is 6.70. The summed E-state index contributed by atoms with van der Waals surface area (Å²) in [6.07, 6.45) is 1.01. The maximum Gasteiger partial charge on any atom is 0.345 e. The molecule has 124 valence electrons. The van der Waals surface area contributed by atoms with Gasteiger partial charge in [-0.2, -0.15) is 0 Å². The first-order valence-electron chi connectivity index (χ1n) is 7.05. The van der Waals surface area contributed by atoms with Crippen LogP contribution >= 0.6 is 22.7 Å². The van der Waals surface area contributed by atoms with Crippen LogP contribution in [-0.2, 0) is 23.0 Å². The zero-order valence-corrected chi connectivity index (χ0v) is 14.6. The average Bonchev–Trinajstić information content (AvgIpc) is 3.16. The monoisotopic (exact) mass is 372 g/mol. The van der Waals surface area contributed by atoms with E-state index in [1.165, 1.54) is 21.9 Å². The van der Waals surface area contributed by atoms with E-state index in [0.29, 0.717) is 13.1 Å². The van der Waals surface area contributed by atoms with Crippen LogP contribution in [0.2, 0.25) is 0 Å². The first-order chi connectivity index (χ1) is 11.0. The lowest BCUT2D eigenvalue weighted by atomic mass is 10.1. The molecular formula is C14H16N2O4S3. The van der Waals surface area contributed by atoms with E-state index in [9.17, 15) is 13.2 Å². The largest absolute Gasteiger partial charge is 0.477 e. The highest BCUT2D eigenvalue weighted by molar-refractivity contribution is 7.89. The standard InChI is InChI=1S/C14H16N2O4S3/c17-14(18)13-7-11(9-22-13)23(19,20)15-3-5-16-4-1-12-10(8-16)2-6-21-12/h2,6-7,9,15H,1,3-5,8H2,(H,17,18). The first kappa shape index (κ1) is 16.6. The highest BCUT2D eigenvalue weighted by Gasteiger charge is 2.20. The number of nitrogens with one attached hydrogen (secondary N) is 1. The first-order valence-corrected chi connectivity index (χ1v) is 10.3. The molecule has 0 aliphatic carbocycles. The third-order valence-electron chi connectivity index (χ3n) is 3.70. The van der Waals surface area contributed by atoms with Crippen molar-refractivity contribution in [2.45, 2.75) is 17.9 Å². The SMILES string of the molecule is O=C(O)c1cc(S(=O)(=O)NCCN2CCc3sccc3C2)cs1. The molecule has 3 rings (SSSR count). The minimum absolute atomic E-state index is 0.0127. The Bertz CT molecular complexity index is 810.